The largest absolute Gasteiger partial charge is 0.573 e. The SMILES string of the molecule is O=S(=O)(c1ccc(Cl)nc1)N1CCC2(CCN(c3ccc(OC(F)(F)F)cc3)C2)CC1. The number of alkyl halides is 3. The third-order valence-corrected chi connectivity index (χ3v) is 8.10. The minimum absolute atomic E-state index is 0.00852. The first-order valence-corrected chi connectivity index (χ1v) is 11.6. The predicted octanol–water partition coefficient (Wildman–Crippen LogP) is 4.31. The zero-order valence-electron chi connectivity index (χ0n) is 16.5. The molecule has 0 N–H and O–H groups in total. The molecule has 1 aromatic heterocycles. The average Bonchev–Trinajstić information content (AvgIpc) is 3.11. The van der Waals surface area contributed by atoms with E-state index >= 15 is 0 Å². The summed E-state index contributed by atoms with van der Waals surface area (Å²) in [5.74, 6) is -0.250. The molecular weight excluding hydrogens is 455 g/mol. The van der Waals surface area contributed by atoms with E-state index in [1.165, 1.54) is 34.8 Å². The fourth-order valence-electron chi connectivity index (χ4n) is 4.29. The minimum Gasteiger partial charge on any atom is -0.406 e. The van der Waals surface area contributed by atoms with Crippen molar-refractivity contribution in [1.82, 2.24) is 9.29 Å². The van der Waals surface area contributed by atoms with Crippen molar-refractivity contribution in [3.63, 3.8) is 0 Å². The second-order valence-corrected chi connectivity index (χ2v) is 10.3. The van der Waals surface area contributed by atoms with E-state index < -0.39 is 16.4 Å². The van der Waals surface area contributed by atoms with Crippen LogP contribution in [0.5, 0.6) is 5.75 Å². The van der Waals surface area contributed by atoms with E-state index in [1.54, 1.807) is 12.1 Å². The van der Waals surface area contributed by atoms with Crippen molar-refractivity contribution in [3.8, 4) is 5.75 Å². The van der Waals surface area contributed by atoms with Crippen LogP contribution in [-0.2, 0) is 10.0 Å². The summed E-state index contributed by atoms with van der Waals surface area (Å²) in [4.78, 5) is 6.12. The van der Waals surface area contributed by atoms with Crippen LogP contribution in [0.15, 0.2) is 47.5 Å². The Balaban J connectivity index is 1.38. The van der Waals surface area contributed by atoms with Crippen LogP contribution in [0.25, 0.3) is 0 Å². The third-order valence-electron chi connectivity index (χ3n) is 5.99. The molecule has 31 heavy (non-hydrogen) atoms. The summed E-state index contributed by atoms with van der Waals surface area (Å²) >= 11 is 5.75. The second-order valence-electron chi connectivity index (χ2n) is 7.93. The van der Waals surface area contributed by atoms with Crippen molar-refractivity contribution in [2.45, 2.75) is 30.5 Å². The van der Waals surface area contributed by atoms with Gasteiger partial charge in [-0.15, -0.1) is 13.2 Å². The zero-order chi connectivity index (χ0) is 22.3. The molecule has 4 rings (SSSR count). The average molecular weight is 476 g/mol. The second kappa shape index (κ2) is 8.14. The molecule has 0 radical (unpaired) electrons. The first-order valence-electron chi connectivity index (χ1n) is 9.79. The molecule has 0 atom stereocenters. The van der Waals surface area contributed by atoms with Gasteiger partial charge in [0.2, 0.25) is 10.0 Å². The van der Waals surface area contributed by atoms with Crippen LogP contribution in [0.4, 0.5) is 18.9 Å². The smallest absolute Gasteiger partial charge is 0.406 e. The lowest BCUT2D eigenvalue weighted by molar-refractivity contribution is -0.274. The monoisotopic (exact) mass is 475 g/mol. The number of benzene rings is 1. The van der Waals surface area contributed by atoms with Crippen molar-refractivity contribution < 1.29 is 26.3 Å². The topological polar surface area (TPSA) is 62.7 Å². The molecule has 3 heterocycles. The van der Waals surface area contributed by atoms with Crippen LogP contribution in [-0.4, -0.2) is 50.2 Å². The minimum atomic E-state index is -4.71. The molecule has 168 valence electrons. The van der Waals surface area contributed by atoms with Crippen LogP contribution in [0.2, 0.25) is 5.15 Å². The number of hydrogen-bond acceptors (Lipinski definition) is 5. The van der Waals surface area contributed by atoms with Gasteiger partial charge in [-0.2, -0.15) is 4.31 Å². The zero-order valence-corrected chi connectivity index (χ0v) is 18.1. The van der Waals surface area contributed by atoms with Crippen molar-refractivity contribution in [2.24, 2.45) is 5.41 Å². The Morgan fingerprint density at radius 2 is 1.65 bits per heavy atom. The standard InChI is InChI=1S/C20H21ClF3N3O3S/c21-18-6-5-17(13-25-18)31(28,29)27-11-8-19(9-12-27)7-10-26(14-19)15-1-3-16(4-2-15)30-20(22,23)24/h1-6,13H,7-12,14H2. The summed E-state index contributed by atoms with van der Waals surface area (Å²) in [5.41, 5.74) is 0.819. The maximum absolute atomic E-state index is 12.9. The van der Waals surface area contributed by atoms with E-state index in [-0.39, 0.29) is 21.2 Å². The Morgan fingerprint density at radius 1 is 1.00 bits per heavy atom. The van der Waals surface area contributed by atoms with Crippen molar-refractivity contribution in [3.05, 3.63) is 47.7 Å². The number of nitrogens with zero attached hydrogens (tertiary/aromatic N) is 3. The normalized spacial score (nSPS) is 19.7. The van der Waals surface area contributed by atoms with E-state index in [0.717, 1.165) is 38.0 Å². The number of ether oxygens (including phenoxy) is 1. The lowest BCUT2D eigenvalue weighted by Gasteiger charge is -2.38. The molecule has 2 aliphatic rings. The summed E-state index contributed by atoms with van der Waals surface area (Å²) < 4.78 is 68.1. The molecule has 11 heteroatoms. The van der Waals surface area contributed by atoms with Gasteiger partial charge in [0.05, 0.1) is 0 Å². The van der Waals surface area contributed by atoms with Gasteiger partial charge in [0, 0.05) is 38.1 Å². The summed E-state index contributed by atoms with van der Waals surface area (Å²) in [6.07, 6.45) is -1.09. The van der Waals surface area contributed by atoms with E-state index in [0.29, 0.717) is 13.1 Å². The van der Waals surface area contributed by atoms with Crippen molar-refractivity contribution in [1.29, 1.82) is 0 Å². The molecule has 2 fully saturated rings. The molecule has 0 unspecified atom stereocenters. The number of anilines is 1. The number of halogens is 4. The molecular formula is C20H21ClF3N3O3S. The highest BCUT2D eigenvalue weighted by Crippen LogP contribution is 2.43. The van der Waals surface area contributed by atoms with Gasteiger partial charge in [0.15, 0.2) is 0 Å². The fraction of sp³-hybridized carbons (Fsp3) is 0.450. The van der Waals surface area contributed by atoms with Crippen LogP contribution < -0.4 is 9.64 Å². The number of sulfonamides is 1. The van der Waals surface area contributed by atoms with Gasteiger partial charge in [0.25, 0.3) is 0 Å². The Hall–Kier alpha value is -2.04. The van der Waals surface area contributed by atoms with Crippen molar-refractivity contribution >= 4 is 27.3 Å². The molecule has 1 spiro atoms. The summed E-state index contributed by atoms with van der Waals surface area (Å²) in [7, 11) is -3.62. The molecule has 6 nitrogen and oxygen atoms in total. The number of piperidine rings is 1. The van der Waals surface area contributed by atoms with Gasteiger partial charge in [-0.25, -0.2) is 13.4 Å². The molecule has 0 saturated carbocycles. The fourth-order valence-corrected chi connectivity index (χ4v) is 5.79. The van der Waals surface area contributed by atoms with Crippen LogP contribution >= 0.6 is 11.6 Å². The first kappa shape index (κ1) is 22.2. The Bertz CT molecular complexity index is 1020. The summed E-state index contributed by atoms with van der Waals surface area (Å²) in [6.45, 7) is 2.34. The van der Waals surface area contributed by atoms with E-state index in [9.17, 15) is 21.6 Å². The highest BCUT2D eigenvalue weighted by molar-refractivity contribution is 7.89. The molecule has 0 aliphatic carbocycles. The van der Waals surface area contributed by atoms with Crippen LogP contribution in [0, 0.1) is 5.41 Å². The van der Waals surface area contributed by atoms with Gasteiger partial charge in [-0.1, -0.05) is 11.6 Å². The molecule has 2 saturated heterocycles. The molecule has 0 bridgehead atoms. The Morgan fingerprint density at radius 3 is 2.23 bits per heavy atom. The summed E-state index contributed by atoms with van der Waals surface area (Å²) in [6, 6.07) is 8.77. The molecule has 2 aliphatic heterocycles. The van der Waals surface area contributed by atoms with E-state index in [1.807, 2.05) is 0 Å². The van der Waals surface area contributed by atoms with Crippen molar-refractivity contribution in [2.75, 3.05) is 31.1 Å². The van der Waals surface area contributed by atoms with Gasteiger partial charge >= 0.3 is 6.36 Å². The Labute approximate surface area is 183 Å². The highest BCUT2D eigenvalue weighted by atomic mass is 35.5. The van der Waals surface area contributed by atoms with Gasteiger partial charge in [-0.3, -0.25) is 0 Å². The third kappa shape index (κ3) is 4.91. The lowest BCUT2D eigenvalue weighted by Crippen LogP contribution is -2.44. The number of rotatable bonds is 4. The highest BCUT2D eigenvalue weighted by Gasteiger charge is 2.43. The number of hydrogen-bond donors (Lipinski definition) is 0. The van der Waals surface area contributed by atoms with Crippen LogP contribution in [0.1, 0.15) is 19.3 Å². The lowest BCUT2D eigenvalue weighted by atomic mass is 9.78. The maximum atomic E-state index is 12.9. The van der Waals surface area contributed by atoms with Gasteiger partial charge in [0.1, 0.15) is 15.8 Å². The molecule has 0 amide bonds. The maximum Gasteiger partial charge on any atom is 0.573 e. The number of aromatic nitrogens is 1. The quantitative estimate of drug-likeness (QED) is 0.616. The first-order chi connectivity index (χ1) is 14.6. The van der Waals surface area contributed by atoms with Gasteiger partial charge < -0.3 is 9.64 Å². The number of pyridine rings is 1. The van der Waals surface area contributed by atoms with E-state index in [4.69, 9.17) is 11.6 Å². The van der Waals surface area contributed by atoms with Gasteiger partial charge in [-0.05, 0) is 61.1 Å². The summed E-state index contributed by atoms with van der Waals surface area (Å²) in [5, 5.41) is 0.237. The van der Waals surface area contributed by atoms with Crippen LogP contribution in [0.3, 0.4) is 0 Å². The molecule has 2 aromatic rings. The predicted molar refractivity (Wildman–Crippen MR) is 110 cm³/mol. The Kier molecular flexibility index (Phi) is 5.82. The van der Waals surface area contributed by atoms with E-state index in [2.05, 4.69) is 14.6 Å². The molecule has 1 aromatic carbocycles.